The fraction of sp³-hybridized carbons (Fsp3) is 0. The standard InChI is InChI=1S/C13H10NOP/c14-9-10-1-3-11(4-2-10)12-5-7-13(15-16)8-6-12/h1-8H,16H2. The van der Waals surface area contributed by atoms with E-state index in [4.69, 9.17) is 9.79 Å². The summed E-state index contributed by atoms with van der Waals surface area (Å²) in [5, 5.41) is 8.70. The van der Waals surface area contributed by atoms with Crippen molar-refractivity contribution < 1.29 is 4.52 Å². The van der Waals surface area contributed by atoms with E-state index in [0.29, 0.717) is 5.56 Å². The van der Waals surface area contributed by atoms with Crippen LogP contribution in [0.4, 0.5) is 0 Å². The van der Waals surface area contributed by atoms with Crippen LogP contribution in [-0.4, -0.2) is 0 Å². The molecule has 0 N–H and O–H groups in total. The fourth-order valence-corrected chi connectivity index (χ4v) is 1.62. The Morgan fingerprint density at radius 3 is 1.81 bits per heavy atom. The van der Waals surface area contributed by atoms with Crippen molar-refractivity contribution in [3.05, 3.63) is 54.1 Å². The Hall–Kier alpha value is -1.84. The van der Waals surface area contributed by atoms with E-state index in [-0.39, 0.29) is 0 Å². The van der Waals surface area contributed by atoms with Gasteiger partial charge < -0.3 is 4.52 Å². The van der Waals surface area contributed by atoms with Crippen molar-refractivity contribution in [3.8, 4) is 22.9 Å². The normalized spacial score (nSPS) is 9.50. The highest BCUT2D eigenvalue weighted by Crippen LogP contribution is 2.23. The van der Waals surface area contributed by atoms with E-state index in [1.54, 1.807) is 0 Å². The molecule has 2 rings (SSSR count). The van der Waals surface area contributed by atoms with Crippen molar-refractivity contribution in [1.82, 2.24) is 0 Å². The molecular formula is C13H10NOP. The van der Waals surface area contributed by atoms with Gasteiger partial charge in [-0.15, -0.1) is 0 Å². The maximum Gasteiger partial charge on any atom is 0.122 e. The molecule has 0 saturated heterocycles. The van der Waals surface area contributed by atoms with Crippen LogP contribution in [0, 0.1) is 11.3 Å². The summed E-state index contributed by atoms with van der Waals surface area (Å²) in [6.07, 6.45) is 0. The molecular weight excluding hydrogens is 217 g/mol. The minimum atomic E-state index is 0.675. The quantitative estimate of drug-likeness (QED) is 0.736. The zero-order valence-electron chi connectivity index (χ0n) is 8.55. The Morgan fingerprint density at radius 2 is 1.38 bits per heavy atom. The second kappa shape index (κ2) is 4.79. The van der Waals surface area contributed by atoms with Crippen molar-refractivity contribution in [1.29, 1.82) is 5.26 Å². The van der Waals surface area contributed by atoms with Crippen LogP contribution in [0.5, 0.6) is 5.75 Å². The Morgan fingerprint density at radius 1 is 0.875 bits per heavy atom. The third-order valence-corrected chi connectivity index (χ3v) is 2.61. The van der Waals surface area contributed by atoms with Crippen LogP contribution >= 0.6 is 9.47 Å². The van der Waals surface area contributed by atoms with Crippen LogP contribution in [0.15, 0.2) is 48.5 Å². The fourth-order valence-electron chi connectivity index (χ4n) is 1.46. The van der Waals surface area contributed by atoms with E-state index < -0.39 is 0 Å². The lowest BCUT2D eigenvalue weighted by Gasteiger charge is -2.03. The third-order valence-electron chi connectivity index (χ3n) is 2.34. The summed E-state index contributed by atoms with van der Waals surface area (Å²) in [5.41, 5.74) is 2.87. The molecule has 0 heterocycles. The van der Waals surface area contributed by atoms with E-state index in [1.165, 1.54) is 0 Å². The molecule has 2 nitrogen and oxygen atoms in total. The van der Waals surface area contributed by atoms with Gasteiger partial charge in [0.15, 0.2) is 0 Å². The highest BCUT2D eigenvalue weighted by molar-refractivity contribution is 7.10. The minimum absolute atomic E-state index is 0.675. The monoisotopic (exact) mass is 227 g/mol. The van der Waals surface area contributed by atoms with E-state index in [0.717, 1.165) is 16.9 Å². The summed E-state index contributed by atoms with van der Waals surface area (Å²) in [6.45, 7) is 0. The molecule has 78 valence electrons. The van der Waals surface area contributed by atoms with Gasteiger partial charge in [0.2, 0.25) is 0 Å². The van der Waals surface area contributed by atoms with Crippen LogP contribution in [-0.2, 0) is 0 Å². The molecule has 0 aliphatic heterocycles. The predicted octanol–water partition coefficient (Wildman–Crippen LogP) is 3.39. The molecule has 1 unspecified atom stereocenters. The lowest BCUT2D eigenvalue weighted by molar-refractivity contribution is 0.646. The summed E-state index contributed by atoms with van der Waals surface area (Å²) in [7, 11) is 2.21. The second-order valence-corrected chi connectivity index (χ2v) is 3.57. The average Bonchev–Trinajstić information content (AvgIpc) is 2.39. The number of hydrogen-bond acceptors (Lipinski definition) is 2. The Bertz CT molecular complexity index is 511. The van der Waals surface area contributed by atoms with E-state index in [1.807, 2.05) is 48.5 Å². The van der Waals surface area contributed by atoms with Crippen molar-refractivity contribution in [3.63, 3.8) is 0 Å². The number of rotatable bonds is 2. The van der Waals surface area contributed by atoms with Crippen molar-refractivity contribution in [2.75, 3.05) is 0 Å². The van der Waals surface area contributed by atoms with Gasteiger partial charge in [-0.3, -0.25) is 0 Å². The maximum absolute atomic E-state index is 8.70. The summed E-state index contributed by atoms with van der Waals surface area (Å²) in [5.74, 6) is 0.808. The van der Waals surface area contributed by atoms with Gasteiger partial charge in [-0.05, 0) is 35.4 Å². The Kier molecular flexibility index (Phi) is 3.19. The smallest absolute Gasteiger partial charge is 0.122 e. The molecule has 0 amide bonds. The van der Waals surface area contributed by atoms with Gasteiger partial charge in [-0.2, -0.15) is 5.26 Å². The Balaban J connectivity index is 2.32. The first kappa shape index (κ1) is 10.7. The Labute approximate surface area is 96.8 Å². The molecule has 3 heteroatoms. The van der Waals surface area contributed by atoms with E-state index in [2.05, 4.69) is 15.5 Å². The van der Waals surface area contributed by atoms with Crippen LogP contribution in [0.25, 0.3) is 11.1 Å². The van der Waals surface area contributed by atoms with Gasteiger partial charge >= 0.3 is 0 Å². The topological polar surface area (TPSA) is 33.0 Å². The highest BCUT2D eigenvalue weighted by Gasteiger charge is 1.98. The lowest BCUT2D eigenvalue weighted by atomic mass is 10.0. The van der Waals surface area contributed by atoms with Gasteiger partial charge in [-0.1, -0.05) is 24.3 Å². The lowest BCUT2D eigenvalue weighted by Crippen LogP contribution is -1.79. The highest BCUT2D eigenvalue weighted by atomic mass is 31.0. The van der Waals surface area contributed by atoms with Gasteiger partial charge in [0, 0.05) is 0 Å². The van der Waals surface area contributed by atoms with Gasteiger partial charge in [0.05, 0.1) is 21.1 Å². The van der Waals surface area contributed by atoms with Crippen LogP contribution in [0.2, 0.25) is 0 Å². The third kappa shape index (κ3) is 2.21. The maximum atomic E-state index is 8.70. The van der Waals surface area contributed by atoms with Crippen LogP contribution < -0.4 is 4.52 Å². The largest absolute Gasteiger partial charge is 0.480 e. The first-order valence-corrected chi connectivity index (χ1v) is 5.28. The average molecular weight is 227 g/mol. The summed E-state index contributed by atoms with van der Waals surface area (Å²) in [4.78, 5) is 0. The summed E-state index contributed by atoms with van der Waals surface area (Å²) >= 11 is 0. The van der Waals surface area contributed by atoms with Gasteiger partial charge in [-0.25, -0.2) is 0 Å². The predicted molar refractivity (Wildman–Crippen MR) is 66.9 cm³/mol. The molecule has 0 bridgehead atoms. The molecule has 0 saturated carbocycles. The molecule has 2 aromatic rings. The SMILES string of the molecule is N#Cc1ccc(-c2ccc(OP)cc2)cc1. The molecule has 0 spiro atoms. The molecule has 0 aromatic heterocycles. The van der Waals surface area contributed by atoms with Crippen molar-refractivity contribution in [2.45, 2.75) is 0 Å². The molecule has 0 aliphatic rings. The van der Waals surface area contributed by atoms with E-state index >= 15 is 0 Å². The van der Waals surface area contributed by atoms with E-state index in [9.17, 15) is 0 Å². The number of nitrogens with zero attached hydrogens (tertiary/aromatic N) is 1. The van der Waals surface area contributed by atoms with Crippen molar-refractivity contribution >= 4 is 9.47 Å². The second-order valence-electron chi connectivity index (χ2n) is 3.33. The van der Waals surface area contributed by atoms with Gasteiger partial charge in [0.1, 0.15) is 5.75 Å². The molecule has 0 radical (unpaired) electrons. The first-order valence-electron chi connectivity index (χ1n) is 4.81. The molecule has 0 aliphatic carbocycles. The number of nitriles is 1. The van der Waals surface area contributed by atoms with Gasteiger partial charge in [0.25, 0.3) is 0 Å². The number of benzene rings is 2. The van der Waals surface area contributed by atoms with Crippen LogP contribution in [0.3, 0.4) is 0 Å². The molecule has 2 aromatic carbocycles. The zero-order chi connectivity index (χ0) is 11.4. The molecule has 0 fully saturated rings. The summed E-state index contributed by atoms with van der Waals surface area (Å²) < 4.78 is 5.02. The minimum Gasteiger partial charge on any atom is -0.480 e. The molecule has 16 heavy (non-hydrogen) atoms. The van der Waals surface area contributed by atoms with Crippen LogP contribution in [0.1, 0.15) is 5.56 Å². The first-order chi connectivity index (χ1) is 7.83. The molecule has 1 atom stereocenters. The summed E-state index contributed by atoms with van der Waals surface area (Å²) in [6, 6.07) is 17.4. The van der Waals surface area contributed by atoms with Crippen molar-refractivity contribution in [2.24, 2.45) is 0 Å². The number of hydrogen-bond donors (Lipinski definition) is 0. The zero-order valence-corrected chi connectivity index (χ0v) is 9.71.